The highest BCUT2D eigenvalue weighted by Crippen LogP contribution is 2.19. The molecule has 0 heterocycles. The first-order chi connectivity index (χ1) is 7.63. The van der Waals surface area contributed by atoms with E-state index in [4.69, 9.17) is 10.9 Å². The molecule has 0 radical (unpaired) electrons. The molecule has 0 bridgehead atoms. The maximum absolute atomic E-state index is 13.2. The Morgan fingerprint density at radius 2 is 2.31 bits per heavy atom. The molecule has 4 nitrogen and oxygen atoms in total. The zero-order valence-electron chi connectivity index (χ0n) is 8.58. The molecule has 0 saturated heterocycles. The molecule has 0 amide bonds. The third-order valence-electron chi connectivity index (χ3n) is 1.98. The van der Waals surface area contributed by atoms with E-state index in [0.717, 1.165) is 4.47 Å². The predicted octanol–water partition coefficient (Wildman–Crippen LogP) is 2.53. The first-order valence-corrected chi connectivity index (χ1v) is 5.58. The van der Waals surface area contributed by atoms with Crippen LogP contribution >= 0.6 is 15.9 Å². The van der Waals surface area contributed by atoms with Gasteiger partial charge in [-0.1, -0.05) is 21.1 Å². The molecule has 6 heteroatoms. The second-order valence-electron chi connectivity index (χ2n) is 3.25. The van der Waals surface area contributed by atoms with Crippen molar-refractivity contribution in [2.45, 2.75) is 12.8 Å². The number of benzene rings is 1. The minimum Gasteiger partial charge on any atom is -0.409 e. The van der Waals surface area contributed by atoms with Crippen LogP contribution in [0.3, 0.4) is 0 Å². The molecule has 0 fully saturated rings. The van der Waals surface area contributed by atoms with Crippen LogP contribution in [0.5, 0.6) is 0 Å². The Labute approximate surface area is 101 Å². The third-order valence-corrected chi connectivity index (χ3v) is 2.48. The number of anilines is 1. The van der Waals surface area contributed by atoms with Crippen LogP contribution in [0.2, 0.25) is 0 Å². The van der Waals surface area contributed by atoms with Gasteiger partial charge >= 0.3 is 0 Å². The predicted molar refractivity (Wildman–Crippen MR) is 65.2 cm³/mol. The number of hydrogen-bond acceptors (Lipinski definition) is 3. The average Bonchev–Trinajstić information content (AvgIpc) is 2.28. The largest absolute Gasteiger partial charge is 0.409 e. The minimum atomic E-state index is -0.299. The van der Waals surface area contributed by atoms with Crippen molar-refractivity contribution in [1.82, 2.24) is 0 Å². The molecule has 4 N–H and O–H groups in total. The summed E-state index contributed by atoms with van der Waals surface area (Å²) in [6.07, 6.45) is 1.14. The highest BCUT2D eigenvalue weighted by molar-refractivity contribution is 9.10. The molecule has 1 rings (SSSR count). The van der Waals surface area contributed by atoms with E-state index < -0.39 is 0 Å². The second-order valence-corrected chi connectivity index (χ2v) is 4.16. The monoisotopic (exact) mass is 289 g/mol. The number of amidine groups is 1. The van der Waals surface area contributed by atoms with Crippen molar-refractivity contribution in [2.24, 2.45) is 10.9 Å². The molecule has 0 aliphatic heterocycles. The third kappa shape index (κ3) is 4.06. The number of nitrogens with two attached hydrogens (primary N) is 1. The lowest BCUT2D eigenvalue weighted by Crippen LogP contribution is -2.13. The van der Waals surface area contributed by atoms with Gasteiger partial charge in [-0.3, -0.25) is 0 Å². The van der Waals surface area contributed by atoms with E-state index in [0.29, 0.717) is 25.1 Å². The SMILES string of the molecule is NC(CCCNc1cc(Br)ccc1F)=NO. The normalized spacial score (nSPS) is 11.5. The van der Waals surface area contributed by atoms with Crippen molar-refractivity contribution in [3.05, 3.63) is 28.5 Å². The van der Waals surface area contributed by atoms with E-state index in [9.17, 15) is 4.39 Å². The lowest BCUT2D eigenvalue weighted by atomic mass is 10.2. The summed E-state index contributed by atoms with van der Waals surface area (Å²) < 4.78 is 14.1. The molecule has 0 aliphatic carbocycles. The van der Waals surface area contributed by atoms with Crippen molar-refractivity contribution < 1.29 is 9.60 Å². The Morgan fingerprint density at radius 3 is 3.00 bits per heavy atom. The van der Waals surface area contributed by atoms with Crippen LogP contribution in [0.1, 0.15) is 12.8 Å². The summed E-state index contributed by atoms with van der Waals surface area (Å²) in [4.78, 5) is 0. The number of nitrogens with zero attached hydrogens (tertiary/aromatic N) is 1. The van der Waals surface area contributed by atoms with Gasteiger partial charge in [0.1, 0.15) is 11.7 Å². The quantitative estimate of drug-likeness (QED) is 0.256. The molecule has 0 aliphatic rings. The van der Waals surface area contributed by atoms with Crippen molar-refractivity contribution in [3.8, 4) is 0 Å². The molecular formula is C10H13BrFN3O. The molecule has 1 aromatic rings. The summed E-state index contributed by atoms with van der Waals surface area (Å²) >= 11 is 3.26. The fraction of sp³-hybridized carbons (Fsp3) is 0.300. The average molecular weight is 290 g/mol. The summed E-state index contributed by atoms with van der Waals surface area (Å²) in [5.74, 6) is -0.122. The van der Waals surface area contributed by atoms with Crippen LogP contribution in [-0.2, 0) is 0 Å². The summed E-state index contributed by atoms with van der Waals surface area (Å²) in [7, 11) is 0. The lowest BCUT2D eigenvalue weighted by Gasteiger charge is -2.07. The van der Waals surface area contributed by atoms with Gasteiger partial charge < -0.3 is 16.3 Å². The maximum Gasteiger partial charge on any atom is 0.146 e. The summed E-state index contributed by atoms with van der Waals surface area (Å²) in [5, 5.41) is 14.1. The van der Waals surface area contributed by atoms with E-state index in [1.807, 2.05) is 0 Å². The van der Waals surface area contributed by atoms with Gasteiger partial charge in [0, 0.05) is 17.4 Å². The fourth-order valence-electron chi connectivity index (χ4n) is 1.18. The first kappa shape index (κ1) is 12.8. The Morgan fingerprint density at radius 1 is 1.56 bits per heavy atom. The standard InChI is InChI=1S/C10H13BrFN3O/c11-7-3-4-8(12)9(6-7)14-5-1-2-10(13)15-16/h3-4,6,14,16H,1-2,5H2,(H2,13,15). The van der Waals surface area contributed by atoms with Crippen LogP contribution < -0.4 is 11.1 Å². The number of halogens is 2. The van der Waals surface area contributed by atoms with Gasteiger partial charge in [-0.25, -0.2) is 4.39 Å². The van der Waals surface area contributed by atoms with Gasteiger partial charge in [-0.2, -0.15) is 0 Å². The van der Waals surface area contributed by atoms with Gasteiger partial charge in [-0.15, -0.1) is 0 Å². The Kier molecular flexibility index (Phi) is 5.04. The van der Waals surface area contributed by atoms with Crippen LogP contribution in [-0.4, -0.2) is 17.6 Å². The molecule has 0 aromatic heterocycles. The van der Waals surface area contributed by atoms with Gasteiger partial charge in [0.25, 0.3) is 0 Å². The Bertz CT molecular complexity index is 384. The smallest absolute Gasteiger partial charge is 0.146 e. The topological polar surface area (TPSA) is 70.6 Å². The minimum absolute atomic E-state index is 0.177. The van der Waals surface area contributed by atoms with Gasteiger partial charge in [0.15, 0.2) is 0 Å². The highest BCUT2D eigenvalue weighted by atomic mass is 79.9. The number of hydrogen-bond donors (Lipinski definition) is 3. The van der Waals surface area contributed by atoms with Crippen molar-refractivity contribution in [3.63, 3.8) is 0 Å². The van der Waals surface area contributed by atoms with Crippen LogP contribution in [0.4, 0.5) is 10.1 Å². The van der Waals surface area contributed by atoms with Crippen molar-refractivity contribution in [2.75, 3.05) is 11.9 Å². The molecule has 1 aromatic carbocycles. The molecule has 0 saturated carbocycles. The molecule has 0 atom stereocenters. The van der Waals surface area contributed by atoms with E-state index >= 15 is 0 Å². The molecule has 16 heavy (non-hydrogen) atoms. The number of oxime groups is 1. The lowest BCUT2D eigenvalue weighted by molar-refractivity contribution is 0.316. The van der Waals surface area contributed by atoms with E-state index in [-0.39, 0.29) is 11.7 Å². The number of rotatable bonds is 5. The van der Waals surface area contributed by atoms with E-state index in [2.05, 4.69) is 26.4 Å². The van der Waals surface area contributed by atoms with Gasteiger partial charge in [0.2, 0.25) is 0 Å². The van der Waals surface area contributed by atoms with Crippen LogP contribution in [0, 0.1) is 5.82 Å². The first-order valence-electron chi connectivity index (χ1n) is 4.79. The van der Waals surface area contributed by atoms with Crippen LogP contribution in [0.15, 0.2) is 27.8 Å². The Hall–Kier alpha value is -1.30. The van der Waals surface area contributed by atoms with E-state index in [1.165, 1.54) is 6.07 Å². The summed E-state index contributed by atoms with van der Waals surface area (Å²) in [6, 6.07) is 4.69. The van der Waals surface area contributed by atoms with Crippen molar-refractivity contribution >= 4 is 27.5 Å². The van der Waals surface area contributed by atoms with Gasteiger partial charge in [-0.05, 0) is 24.6 Å². The van der Waals surface area contributed by atoms with Crippen molar-refractivity contribution in [1.29, 1.82) is 0 Å². The fourth-order valence-corrected chi connectivity index (χ4v) is 1.54. The maximum atomic E-state index is 13.2. The Balaban J connectivity index is 2.40. The molecule has 88 valence electrons. The van der Waals surface area contributed by atoms with E-state index in [1.54, 1.807) is 12.1 Å². The zero-order chi connectivity index (χ0) is 12.0. The summed E-state index contributed by atoms with van der Waals surface area (Å²) in [5.41, 5.74) is 5.74. The molecule has 0 spiro atoms. The van der Waals surface area contributed by atoms with Crippen LogP contribution in [0.25, 0.3) is 0 Å². The number of nitrogens with one attached hydrogen (secondary N) is 1. The van der Waals surface area contributed by atoms with Gasteiger partial charge in [0.05, 0.1) is 5.69 Å². The highest BCUT2D eigenvalue weighted by Gasteiger charge is 2.01. The zero-order valence-corrected chi connectivity index (χ0v) is 10.2. The summed E-state index contributed by atoms with van der Waals surface area (Å²) in [6.45, 7) is 0.559. The molecule has 0 unspecified atom stereocenters. The molecular weight excluding hydrogens is 277 g/mol. The second kappa shape index (κ2) is 6.32.